The Morgan fingerprint density at radius 3 is 2.38 bits per heavy atom. The SMILES string of the molecule is C[N+](=c1sccs1)C1CCCCC1. The summed E-state index contributed by atoms with van der Waals surface area (Å²) in [7, 11) is 2.25. The van der Waals surface area contributed by atoms with Crippen molar-refractivity contribution in [1.29, 1.82) is 0 Å². The van der Waals surface area contributed by atoms with Crippen LogP contribution < -0.4 is 8.56 Å². The minimum Gasteiger partial charge on any atom is -0.212 e. The number of nitrogens with zero attached hydrogens (tertiary/aromatic N) is 1. The highest BCUT2D eigenvalue weighted by atomic mass is 32.2. The smallest absolute Gasteiger partial charge is 0.212 e. The van der Waals surface area contributed by atoms with Gasteiger partial charge in [-0.05, 0) is 12.8 Å². The van der Waals surface area contributed by atoms with E-state index in [4.69, 9.17) is 0 Å². The fraction of sp³-hybridized carbons (Fsp3) is 0.700. The van der Waals surface area contributed by atoms with Crippen LogP contribution in [0.5, 0.6) is 0 Å². The molecular formula is C10H16NS2+. The van der Waals surface area contributed by atoms with Crippen LogP contribution in [-0.4, -0.2) is 13.1 Å². The quantitative estimate of drug-likeness (QED) is 0.632. The molecule has 0 bridgehead atoms. The summed E-state index contributed by atoms with van der Waals surface area (Å²) in [6, 6.07) is 0.809. The molecule has 72 valence electrons. The van der Waals surface area contributed by atoms with E-state index < -0.39 is 0 Å². The highest BCUT2D eigenvalue weighted by molar-refractivity contribution is 7.24. The van der Waals surface area contributed by atoms with Crippen molar-refractivity contribution in [3.63, 3.8) is 0 Å². The molecule has 0 saturated heterocycles. The summed E-state index contributed by atoms with van der Waals surface area (Å²) in [4.78, 5) is 0. The Morgan fingerprint density at radius 2 is 1.77 bits per heavy atom. The van der Waals surface area contributed by atoms with E-state index >= 15 is 0 Å². The lowest BCUT2D eigenvalue weighted by molar-refractivity contribution is 0.359. The van der Waals surface area contributed by atoms with E-state index in [-0.39, 0.29) is 0 Å². The third-order valence-electron chi connectivity index (χ3n) is 2.80. The molecule has 1 aromatic heterocycles. The van der Waals surface area contributed by atoms with E-state index in [0.29, 0.717) is 0 Å². The maximum Gasteiger partial charge on any atom is 0.313 e. The summed E-state index contributed by atoms with van der Waals surface area (Å²) < 4.78 is 3.95. The van der Waals surface area contributed by atoms with Gasteiger partial charge >= 0.3 is 3.98 Å². The third kappa shape index (κ3) is 2.20. The van der Waals surface area contributed by atoms with Crippen LogP contribution in [0.15, 0.2) is 10.8 Å². The fourth-order valence-electron chi connectivity index (χ4n) is 1.98. The van der Waals surface area contributed by atoms with Crippen LogP contribution in [0.2, 0.25) is 0 Å². The van der Waals surface area contributed by atoms with Crippen LogP contribution in [0.1, 0.15) is 32.1 Å². The fourth-order valence-corrected chi connectivity index (χ4v) is 3.85. The predicted molar refractivity (Wildman–Crippen MR) is 60.3 cm³/mol. The number of rotatable bonds is 1. The molecule has 2 rings (SSSR count). The first-order chi connectivity index (χ1) is 6.38. The Labute approximate surface area is 87.4 Å². The molecule has 1 aliphatic rings. The molecule has 0 amide bonds. The summed E-state index contributed by atoms with van der Waals surface area (Å²) >= 11 is 3.74. The van der Waals surface area contributed by atoms with Gasteiger partial charge < -0.3 is 0 Å². The first kappa shape index (κ1) is 9.41. The van der Waals surface area contributed by atoms with Crippen molar-refractivity contribution < 1.29 is 0 Å². The molecule has 0 atom stereocenters. The molecule has 1 saturated carbocycles. The monoisotopic (exact) mass is 214 g/mol. The summed E-state index contributed by atoms with van der Waals surface area (Å²) in [5.41, 5.74) is 0. The zero-order valence-corrected chi connectivity index (χ0v) is 9.66. The maximum absolute atomic E-state index is 2.48. The van der Waals surface area contributed by atoms with Crippen LogP contribution in [0, 0.1) is 0 Å². The molecule has 13 heavy (non-hydrogen) atoms. The summed E-state index contributed by atoms with van der Waals surface area (Å²) in [5.74, 6) is 0. The van der Waals surface area contributed by atoms with Crippen molar-refractivity contribution in [2.24, 2.45) is 0 Å². The maximum atomic E-state index is 2.48. The van der Waals surface area contributed by atoms with Crippen molar-refractivity contribution in [3.8, 4) is 0 Å². The zero-order chi connectivity index (χ0) is 9.10. The van der Waals surface area contributed by atoms with Crippen molar-refractivity contribution >= 4 is 22.7 Å². The van der Waals surface area contributed by atoms with Crippen molar-refractivity contribution in [1.82, 2.24) is 4.58 Å². The molecule has 1 nitrogen and oxygen atoms in total. The van der Waals surface area contributed by atoms with Gasteiger partial charge in [-0.2, -0.15) is 0 Å². The molecule has 3 heteroatoms. The van der Waals surface area contributed by atoms with E-state index in [2.05, 4.69) is 22.4 Å². The van der Waals surface area contributed by atoms with E-state index in [1.54, 1.807) is 0 Å². The molecule has 1 fully saturated rings. The van der Waals surface area contributed by atoms with Gasteiger partial charge in [-0.1, -0.05) is 29.1 Å². The van der Waals surface area contributed by atoms with Gasteiger partial charge in [-0.25, -0.2) is 4.58 Å². The van der Waals surface area contributed by atoms with E-state index in [0.717, 1.165) is 6.04 Å². The van der Waals surface area contributed by atoms with Crippen LogP contribution >= 0.6 is 22.7 Å². The largest absolute Gasteiger partial charge is 0.313 e. The lowest BCUT2D eigenvalue weighted by atomic mass is 9.95. The number of hydrogen-bond acceptors (Lipinski definition) is 2. The lowest BCUT2D eigenvalue weighted by Crippen LogP contribution is -2.34. The third-order valence-corrected chi connectivity index (χ3v) is 5.08. The zero-order valence-electron chi connectivity index (χ0n) is 8.03. The van der Waals surface area contributed by atoms with E-state index in [1.807, 2.05) is 22.7 Å². The minimum absolute atomic E-state index is 0.809. The molecule has 0 spiro atoms. The van der Waals surface area contributed by atoms with Crippen LogP contribution in [0.25, 0.3) is 0 Å². The molecule has 0 unspecified atom stereocenters. The van der Waals surface area contributed by atoms with Crippen LogP contribution in [-0.2, 0) is 0 Å². The average Bonchev–Trinajstić information content (AvgIpc) is 2.71. The summed E-state index contributed by atoms with van der Waals surface area (Å²) in [5, 5.41) is 4.36. The summed E-state index contributed by atoms with van der Waals surface area (Å²) in [6.45, 7) is 0. The Morgan fingerprint density at radius 1 is 1.15 bits per heavy atom. The second-order valence-corrected chi connectivity index (χ2v) is 5.72. The standard InChI is InChI=1S/C10H16NS2/c1-11(10-12-7-8-13-10)9-5-3-2-4-6-9/h7-9H,2-6H2,1H3/q+1. The molecular weight excluding hydrogens is 198 g/mol. The molecule has 1 aromatic rings. The molecule has 0 aromatic carbocycles. The van der Waals surface area contributed by atoms with Crippen LogP contribution in [0.3, 0.4) is 0 Å². The first-order valence-corrected chi connectivity index (χ1v) is 6.72. The van der Waals surface area contributed by atoms with Gasteiger partial charge in [0.15, 0.2) is 6.04 Å². The highest BCUT2D eigenvalue weighted by Gasteiger charge is 2.21. The molecule has 0 aliphatic heterocycles. The predicted octanol–water partition coefficient (Wildman–Crippen LogP) is 2.54. The minimum atomic E-state index is 0.809. The van der Waals surface area contributed by atoms with Gasteiger partial charge in [-0.3, -0.25) is 0 Å². The van der Waals surface area contributed by atoms with Gasteiger partial charge in [0.2, 0.25) is 0 Å². The second kappa shape index (κ2) is 4.38. The molecule has 1 aliphatic carbocycles. The highest BCUT2D eigenvalue weighted by Crippen LogP contribution is 2.18. The Balaban J connectivity index is 2.21. The van der Waals surface area contributed by atoms with Crippen LogP contribution in [0.4, 0.5) is 0 Å². The van der Waals surface area contributed by atoms with Gasteiger partial charge in [0.1, 0.15) is 7.05 Å². The molecule has 0 radical (unpaired) electrons. The van der Waals surface area contributed by atoms with Crippen molar-refractivity contribution in [2.75, 3.05) is 7.05 Å². The van der Waals surface area contributed by atoms with Crippen molar-refractivity contribution in [3.05, 3.63) is 14.7 Å². The summed E-state index contributed by atoms with van der Waals surface area (Å²) in [6.07, 6.45) is 7.07. The average molecular weight is 214 g/mol. The number of hydrogen-bond donors (Lipinski definition) is 0. The Kier molecular flexibility index (Phi) is 3.17. The second-order valence-electron chi connectivity index (χ2n) is 3.68. The molecule has 1 heterocycles. The molecule has 0 N–H and O–H groups in total. The van der Waals surface area contributed by atoms with Gasteiger partial charge in [0, 0.05) is 23.6 Å². The first-order valence-electron chi connectivity index (χ1n) is 4.96. The van der Waals surface area contributed by atoms with E-state index in [1.165, 1.54) is 36.1 Å². The van der Waals surface area contributed by atoms with Gasteiger partial charge in [0.25, 0.3) is 0 Å². The Hall–Kier alpha value is -0.150. The van der Waals surface area contributed by atoms with E-state index in [9.17, 15) is 0 Å². The normalized spacial score (nSPS) is 18.8. The lowest BCUT2D eigenvalue weighted by Gasteiger charge is -2.16. The van der Waals surface area contributed by atoms with Gasteiger partial charge in [-0.15, -0.1) is 0 Å². The van der Waals surface area contributed by atoms with Crippen molar-refractivity contribution in [2.45, 2.75) is 38.1 Å². The topological polar surface area (TPSA) is 3.01 Å². The van der Waals surface area contributed by atoms with Gasteiger partial charge in [0.05, 0.1) is 0 Å². The Bertz CT molecular complexity index is 301.